The molecule has 5 heteroatoms. The van der Waals surface area contributed by atoms with Crippen molar-refractivity contribution in [2.45, 2.75) is 37.8 Å². The first-order valence-electron chi connectivity index (χ1n) is 6.99. The summed E-state index contributed by atoms with van der Waals surface area (Å²) in [4.78, 5) is 4.12. The molecule has 2 aromatic rings. The topological polar surface area (TPSA) is 24.9 Å². The zero-order chi connectivity index (χ0) is 14.2. The van der Waals surface area contributed by atoms with Crippen molar-refractivity contribution in [3.8, 4) is 0 Å². The van der Waals surface area contributed by atoms with Crippen LogP contribution < -0.4 is 5.32 Å². The van der Waals surface area contributed by atoms with Crippen molar-refractivity contribution in [2.75, 3.05) is 0 Å². The van der Waals surface area contributed by atoms with Gasteiger partial charge in [0.2, 0.25) is 0 Å². The van der Waals surface area contributed by atoms with Crippen LogP contribution in [0.3, 0.4) is 0 Å². The lowest BCUT2D eigenvalue weighted by molar-refractivity contribution is 0.397. The van der Waals surface area contributed by atoms with Gasteiger partial charge in [-0.2, -0.15) is 0 Å². The Labute approximate surface area is 149 Å². The van der Waals surface area contributed by atoms with Gasteiger partial charge in [-0.1, -0.05) is 23.7 Å². The lowest BCUT2D eigenvalue weighted by Gasteiger charge is -2.27. The van der Waals surface area contributed by atoms with Gasteiger partial charge in [-0.15, -0.1) is 24.8 Å². The van der Waals surface area contributed by atoms with E-state index >= 15 is 0 Å². The fraction of sp³-hybridized carbons (Fsp3) is 0.353. The van der Waals surface area contributed by atoms with Crippen LogP contribution in [0.15, 0.2) is 48.8 Å². The molecule has 0 unspecified atom stereocenters. The molecular weight excluding hydrogens is 339 g/mol. The number of rotatable bonds is 2. The summed E-state index contributed by atoms with van der Waals surface area (Å²) in [5.41, 5.74) is 2.74. The second kappa shape index (κ2) is 7.65. The third-order valence-corrected chi connectivity index (χ3v) is 4.52. The molecule has 0 spiro atoms. The van der Waals surface area contributed by atoms with Crippen LogP contribution in [0.25, 0.3) is 0 Å². The molecule has 1 saturated heterocycles. The van der Waals surface area contributed by atoms with Crippen LogP contribution in [0.2, 0.25) is 5.02 Å². The van der Waals surface area contributed by atoms with Gasteiger partial charge in [0.25, 0.3) is 0 Å². The lowest BCUT2D eigenvalue weighted by atomic mass is 9.83. The normalized spacial score (nSPS) is 22.5. The molecule has 0 saturated carbocycles. The number of benzene rings is 1. The Hall–Kier alpha value is -0.800. The summed E-state index contributed by atoms with van der Waals surface area (Å²) in [6, 6.07) is 12.8. The molecule has 1 aliphatic heterocycles. The number of nitrogens with zero attached hydrogens (tertiary/aromatic N) is 1. The average molecular weight is 360 g/mol. The summed E-state index contributed by atoms with van der Waals surface area (Å²) >= 11 is 5.97. The Morgan fingerprint density at radius 1 is 1.00 bits per heavy atom. The second-order valence-corrected chi connectivity index (χ2v) is 6.48. The Kier molecular flexibility index (Phi) is 6.69. The number of aromatic nitrogens is 1. The number of nitrogens with one attached hydrogen (secondary N) is 1. The summed E-state index contributed by atoms with van der Waals surface area (Å²) < 4.78 is 0. The van der Waals surface area contributed by atoms with Gasteiger partial charge in [0.1, 0.15) is 0 Å². The van der Waals surface area contributed by atoms with E-state index in [1.165, 1.54) is 11.1 Å². The van der Waals surface area contributed by atoms with Gasteiger partial charge in [-0.05, 0) is 55.7 Å². The molecule has 1 aliphatic rings. The fourth-order valence-electron chi connectivity index (χ4n) is 3.20. The number of hydrogen-bond donors (Lipinski definition) is 1. The van der Waals surface area contributed by atoms with E-state index in [0.29, 0.717) is 12.0 Å². The molecule has 0 bridgehead atoms. The monoisotopic (exact) mass is 358 g/mol. The van der Waals surface area contributed by atoms with Crippen LogP contribution in [-0.4, -0.2) is 10.5 Å². The molecule has 2 nitrogen and oxygen atoms in total. The van der Waals surface area contributed by atoms with Gasteiger partial charge in [-0.3, -0.25) is 4.98 Å². The highest BCUT2D eigenvalue weighted by Crippen LogP contribution is 2.43. The molecule has 1 aromatic heterocycles. The maximum absolute atomic E-state index is 5.97. The number of halogens is 3. The smallest absolute Gasteiger partial charge is 0.0406 e. The fourth-order valence-corrected chi connectivity index (χ4v) is 3.33. The van der Waals surface area contributed by atoms with Gasteiger partial charge in [0.05, 0.1) is 0 Å². The quantitative estimate of drug-likeness (QED) is 0.799. The molecule has 22 heavy (non-hydrogen) atoms. The second-order valence-electron chi connectivity index (χ2n) is 6.04. The van der Waals surface area contributed by atoms with Gasteiger partial charge < -0.3 is 5.32 Å². The number of pyridine rings is 1. The zero-order valence-corrected chi connectivity index (χ0v) is 15.0. The van der Waals surface area contributed by atoms with Crippen molar-refractivity contribution >= 4 is 36.4 Å². The summed E-state index contributed by atoms with van der Waals surface area (Å²) in [5.74, 6) is 0.492. The van der Waals surface area contributed by atoms with E-state index in [4.69, 9.17) is 11.6 Å². The SMILES string of the molecule is CC1(C)N[C@@H](c2ccc(Cl)cc2)C[C@H]1c1ccncc1.Cl.Cl. The van der Waals surface area contributed by atoms with E-state index in [9.17, 15) is 0 Å². The summed E-state index contributed by atoms with van der Waals surface area (Å²) in [7, 11) is 0. The van der Waals surface area contributed by atoms with Gasteiger partial charge >= 0.3 is 0 Å². The average Bonchev–Trinajstić information content (AvgIpc) is 2.76. The Morgan fingerprint density at radius 2 is 1.59 bits per heavy atom. The molecule has 1 aromatic carbocycles. The van der Waals surface area contributed by atoms with E-state index in [1.54, 1.807) is 0 Å². The predicted octanol–water partition coefficient (Wildman–Crippen LogP) is 5.18. The van der Waals surface area contributed by atoms with Crippen molar-refractivity contribution < 1.29 is 0 Å². The molecule has 2 atom stereocenters. The van der Waals surface area contributed by atoms with Crippen molar-refractivity contribution in [3.63, 3.8) is 0 Å². The van der Waals surface area contributed by atoms with Crippen LogP contribution in [0.5, 0.6) is 0 Å². The van der Waals surface area contributed by atoms with Crippen LogP contribution in [0.1, 0.15) is 43.4 Å². The third kappa shape index (κ3) is 3.94. The van der Waals surface area contributed by atoms with Crippen LogP contribution in [-0.2, 0) is 0 Å². The largest absolute Gasteiger partial charge is 0.304 e. The maximum atomic E-state index is 5.97. The minimum absolute atomic E-state index is 0. The highest BCUT2D eigenvalue weighted by Gasteiger charge is 2.40. The highest BCUT2D eigenvalue weighted by molar-refractivity contribution is 6.30. The van der Waals surface area contributed by atoms with E-state index in [1.807, 2.05) is 24.5 Å². The van der Waals surface area contributed by atoms with Gasteiger partial charge in [-0.25, -0.2) is 0 Å². The minimum Gasteiger partial charge on any atom is -0.304 e. The minimum atomic E-state index is 0. The molecule has 0 radical (unpaired) electrons. The van der Waals surface area contributed by atoms with Crippen LogP contribution in [0, 0.1) is 0 Å². The van der Waals surface area contributed by atoms with Crippen molar-refractivity contribution in [3.05, 3.63) is 64.9 Å². The third-order valence-electron chi connectivity index (χ3n) is 4.27. The Morgan fingerprint density at radius 3 is 2.18 bits per heavy atom. The first-order chi connectivity index (χ1) is 9.56. The van der Waals surface area contributed by atoms with Crippen molar-refractivity contribution in [1.82, 2.24) is 10.3 Å². The summed E-state index contributed by atoms with van der Waals surface area (Å²) in [6.45, 7) is 4.54. The van der Waals surface area contributed by atoms with E-state index in [0.717, 1.165) is 11.4 Å². The first-order valence-corrected chi connectivity index (χ1v) is 7.37. The standard InChI is InChI=1S/C17H19ClN2.2ClH/c1-17(2)15(12-7-9-19-10-8-12)11-16(20-17)13-3-5-14(18)6-4-13;;/h3-10,15-16,20H,11H2,1-2H3;2*1H/t15-,16+;;/m0../s1. The Bertz CT molecular complexity index is 585. The van der Waals surface area contributed by atoms with E-state index in [-0.39, 0.29) is 30.4 Å². The highest BCUT2D eigenvalue weighted by atomic mass is 35.5. The van der Waals surface area contributed by atoms with Gasteiger partial charge in [0.15, 0.2) is 0 Å². The zero-order valence-electron chi connectivity index (χ0n) is 12.6. The summed E-state index contributed by atoms with van der Waals surface area (Å²) in [6.07, 6.45) is 4.85. The van der Waals surface area contributed by atoms with Crippen LogP contribution >= 0.6 is 36.4 Å². The van der Waals surface area contributed by atoms with Gasteiger partial charge in [0, 0.05) is 34.9 Å². The predicted molar refractivity (Wildman–Crippen MR) is 97.5 cm³/mol. The van der Waals surface area contributed by atoms with Crippen molar-refractivity contribution in [2.24, 2.45) is 0 Å². The molecule has 1 N–H and O–H groups in total. The van der Waals surface area contributed by atoms with E-state index in [2.05, 4.69) is 48.4 Å². The molecular formula is C17H21Cl3N2. The molecule has 3 rings (SSSR count). The van der Waals surface area contributed by atoms with Crippen LogP contribution in [0.4, 0.5) is 0 Å². The molecule has 0 aliphatic carbocycles. The van der Waals surface area contributed by atoms with Crippen molar-refractivity contribution in [1.29, 1.82) is 0 Å². The number of hydrogen-bond acceptors (Lipinski definition) is 2. The maximum Gasteiger partial charge on any atom is 0.0406 e. The molecule has 1 fully saturated rings. The first kappa shape index (κ1) is 19.2. The molecule has 0 amide bonds. The molecule has 2 heterocycles. The summed E-state index contributed by atoms with van der Waals surface area (Å²) in [5, 5.41) is 4.54. The molecule has 120 valence electrons. The Balaban J connectivity index is 0.00000121. The van der Waals surface area contributed by atoms with E-state index < -0.39 is 0 Å². The lowest BCUT2D eigenvalue weighted by Crippen LogP contribution is -2.37.